The third-order valence-electron chi connectivity index (χ3n) is 6.75. The average molecular weight is 569 g/mol. The summed E-state index contributed by atoms with van der Waals surface area (Å²) in [6.07, 6.45) is 1.64. The van der Waals surface area contributed by atoms with Crippen molar-refractivity contribution in [2.75, 3.05) is 11.9 Å². The highest BCUT2D eigenvalue weighted by atomic mass is 35.5. The number of urea groups is 1. The number of carbonyl (C=O) groups excluding carboxylic acids is 3. The molecule has 1 aliphatic rings. The standard InChI is InChI=1S/C32H29ClN4O4/c1-20-5-4-6-26(15-20)34-30(38)18-36-31(39)29(35-32(36)40)17-24-16-21(2)37(22(24)3)27-11-13-28(14-12-27)41-19-23-7-9-25(33)10-8-23/h4-17H,18-19H2,1-3H3,(H,34,38)(H,35,40)/b29-17+. The minimum atomic E-state index is -0.636. The number of aryl methyl sites for hydroxylation is 2. The normalized spacial score (nSPS) is 14.0. The number of nitrogens with one attached hydrogen (secondary N) is 2. The van der Waals surface area contributed by atoms with Gasteiger partial charge in [-0.15, -0.1) is 0 Å². The first-order valence-electron chi connectivity index (χ1n) is 13.1. The first kappa shape index (κ1) is 27.7. The van der Waals surface area contributed by atoms with Crippen molar-refractivity contribution >= 4 is 41.2 Å². The second-order valence-electron chi connectivity index (χ2n) is 9.87. The zero-order valence-electron chi connectivity index (χ0n) is 22.9. The van der Waals surface area contributed by atoms with Gasteiger partial charge in [-0.1, -0.05) is 35.9 Å². The zero-order valence-corrected chi connectivity index (χ0v) is 23.7. The fourth-order valence-corrected chi connectivity index (χ4v) is 4.83. The Hall–Kier alpha value is -4.82. The van der Waals surface area contributed by atoms with Crippen LogP contribution in [-0.2, 0) is 16.2 Å². The first-order chi connectivity index (χ1) is 19.7. The van der Waals surface area contributed by atoms with E-state index >= 15 is 0 Å². The SMILES string of the molecule is Cc1cccc(NC(=O)CN2C(=O)N/C(=C/c3cc(C)n(-c4ccc(OCc5ccc(Cl)cc5)cc4)c3C)C2=O)c1. The molecule has 5 rings (SSSR count). The fourth-order valence-electron chi connectivity index (χ4n) is 4.71. The molecule has 0 saturated carbocycles. The first-order valence-corrected chi connectivity index (χ1v) is 13.4. The van der Waals surface area contributed by atoms with E-state index in [1.165, 1.54) is 0 Å². The summed E-state index contributed by atoms with van der Waals surface area (Å²) < 4.78 is 7.96. The minimum absolute atomic E-state index is 0.115. The zero-order chi connectivity index (χ0) is 29.1. The van der Waals surface area contributed by atoms with E-state index in [0.717, 1.165) is 44.4 Å². The number of benzene rings is 3. The van der Waals surface area contributed by atoms with Crippen LogP contribution in [-0.4, -0.2) is 33.9 Å². The Balaban J connectivity index is 1.27. The quantitative estimate of drug-likeness (QED) is 0.196. The highest BCUT2D eigenvalue weighted by Gasteiger charge is 2.35. The van der Waals surface area contributed by atoms with Crippen molar-refractivity contribution in [1.82, 2.24) is 14.8 Å². The summed E-state index contributed by atoms with van der Waals surface area (Å²) >= 11 is 5.95. The van der Waals surface area contributed by atoms with Crippen LogP contribution in [0.15, 0.2) is 84.6 Å². The molecule has 0 aliphatic carbocycles. The number of hydrogen-bond acceptors (Lipinski definition) is 4. The lowest BCUT2D eigenvalue weighted by Crippen LogP contribution is -2.38. The van der Waals surface area contributed by atoms with Gasteiger partial charge in [0.2, 0.25) is 5.91 Å². The van der Waals surface area contributed by atoms with E-state index in [1.807, 2.05) is 93.6 Å². The molecule has 0 unspecified atom stereocenters. The average Bonchev–Trinajstić information content (AvgIpc) is 3.37. The summed E-state index contributed by atoms with van der Waals surface area (Å²) in [7, 11) is 0. The third kappa shape index (κ3) is 6.34. The smallest absolute Gasteiger partial charge is 0.329 e. The number of carbonyl (C=O) groups is 3. The summed E-state index contributed by atoms with van der Waals surface area (Å²) in [6.45, 7) is 5.87. The summed E-state index contributed by atoms with van der Waals surface area (Å²) in [5.74, 6) is -0.278. The Labute approximate surface area is 243 Å². The summed E-state index contributed by atoms with van der Waals surface area (Å²) in [6, 6.07) is 23.9. The number of rotatable bonds is 8. The van der Waals surface area contributed by atoms with E-state index in [0.29, 0.717) is 17.3 Å². The summed E-state index contributed by atoms with van der Waals surface area (Å²) in [4.78, 5) is 39.0. The Bertz CT molecular complexity index is 1660. The van der Waals surface area contributed by atoms with Crippen molar-refractivity contribution in [1.29, 1.82) is 0 Å². The second kappa shape index (κ2) is 11.7. The maximum Gasteiger partial charge on any atom is 0.329 e. The van der Waals surface area contributed by atoms with Crippen LogP contribution in [0, 0.1) is 20.8 Å². The molecule has 208 valence electrons. The van der Waals surface area contributed by atoms with Crippen molar-refractivity contribution in [2.24, 2.45) is 0 Å². The van der Waals surface area contributed by atoms with Crippen molar-refractivity contribution < 1.29 is 19.1 Å². The molecule has 0 bridgehead atoms. The van der Waals surface area contributed by atoms with Gasteiger partial charge in [-0.3, -0.25) is 9.59 Å². The lowest BCUT2D eigenvalue weighted by Gasteiger charge is -2.12. The van der Waals surface area contributed by atoms with Crippen LogP contribution in [0.25, 0.3) is 11.8 Å². The maximum absolute atomic E-state index is 13.0. The number of nitrogens with zero attached hydrogens (tertiary/aromatic N) is 2. The molecule has 1 fully saturated rings. The predicted molar refractivity (Wildman–Crippen MR) is 159 cm³/mol. The van der Waals surface area contributed by atoms with Gasteiger partial charge in [0.1, 0.15) is 24.6 Å². The predicted octanol–water partition coefficient (Wildman–Crippen LogP) is 6.17. The van der Waals surface area contributed by atoms with Gasteiger partial charge in [-0.05, 0) is 98.1 Å². The van der Waals surface area contributed by atoms with E-state index in [2.05, 4.69) is 15.2 Å². The van der Waals surface area contributed by atoms with Gasteiger partial charge in [0, 0.05) is 27.8 Å². The van der Waals surface area contributed by atoms with Crippen LogP contribution in [0.1, 0.15) is 28.1 Å². The minimum Gasteiger partial charge on any atom is -0.489 e. The lowest BCUT2D eigenvalue weighted by atomic mass is 10.2. The van der Waals surface area contributed by atoms with Crippen LogP contribution >= 0.6 is 11.6 Å². The molecule has 0 radical (unpaired) electrons. The molecule has 41 heavy (non-hydrogen) atoms. The molecule has 1 aliphatic heterocycles. The Morgan fingerprint density at radius 3 is 2.41 bits per heavy atom. The molecule has 0 atom stereocenters. The fraction of sp³-hybridized carbons (Fsp3) is 0.156. The van der Waals surface area contributed by atoms with Gasteiger partial charge < -0.3 is 19.9 Å². The largest absolute Gasteiger partial charge is 0.489 e. The maximum atomic E-state index is 13.0. The van der Waals surface area contributed by atoms with E-state index in [4.69, 9.17) is 16.3 Å². The molecule has 3 aromatic carbocycles. The van der Waals surface area contributed by atoms with E-state index in [1.54, 1.807) is 12.1 Å². The number of halogens is 1. The van der Waals surface area contributed by atoms with Gasteiger partial charge in [0.15, 0.2) is 0 Å². The van der Waals surface area contributed by atoms with E-state index in [-0.39, 0.29) is 12.2 Å². The molecule has 2 N–H and O–H groups in total. The molecular weight excluding hydrogens is 540 g/mol. The molecule has 1 aromatic heterocycles. The highest BCUT2D eigenvalue weighted by molar-refractivity contribution is 6.30. The lowest BCUT2D eigenvalue weighted by molar-refractivity contribution is -0.127. The summed E-state index contributed by atoms with van der Waals surface area (Å²) in [5, 5.41) is 6.01. The molecule has 1 saturated heterocycles. The topological polar surface area (TPSA) is 92.7 Å². The van der Waals surface area contributed by atoms with Gasteiger partial charge in [-0.25, -0.2) is 9.69 Å². The molecule has 9 heteroatoms. The molecule has 0 spiro atoms. The van der Waals surface area contributed by atoms with Gasteiger partial charge in [0.25, 0.3) is 5.91 Å². The van der Waals surface area contributed by atoms with Gasteiger partial charge >= 0.3 is 6.03 Å². The monoisotopic (exact) mass is 568 g/mol. The Morgan fingerprint density at radius 2 is 1.71 bits per heavy atom. The van der Waals surface area contributed by atoms with Crippen molar-refractivity contribution in [3.8, 4) is 11.4 Å². The Kier molecular flexibility index (Phi) is 7.94. The van der Waals surface area contributed by atoms with Crippen LogP contribution in [0.5, 0.6) is 5.75 Å². The van der Waals surface area contributed by atoms with Crippen LogP contribution in [0.4, 0.5) is 10.5 Å². The van der Waals surface area contributed by atoms with Crippen LogP contribution in [0.3, 0.4) is 0 Å². The molecule has 2 heterocycles. The Morgan fingerprint density at radius 1 is 0.976 bits per heavy atom. The van der Waals surface area contributed by atoms with E-state index in [9.17, 15) is 14.4 Å². The van der Waals surface area contributed by atoms with E-state index < -0.39 is 17.8 Å². The number of aromatic nitrogens is 1. The summed E-state index contributed by atoms with van der Waals surface area (Å²) in [5.41, 5.74) is 6.28. The number of anilines is 1. The number of imide groups is 1. The number of amides is 4. The van der Waals surface area contributed by atoms with Crippen molar-refractivity contribution in [2.45, 2.75) is 27.4 Å². The second-order valence-corrected chi connectivity index (χ2v) is 10.3. The van der Waals surface area contributed by atoms with Crippen LogP contribution in [0.2, 0.25) is 5.02 Å². The molecule has 4 aromatic rings. The van der Waals surface area contributed by atoms with Crippen molar-refractivity contribution in [3.05, 3.63) is 118 Å². The van der Waals surface area contributed by atoms with Gasteiger partial charge in [-0.2, -0.15) is 0 Å². The molecule has 8 nitrogen and oxygen atoms in total. The number of ether oxygens (including phenoxy) is 1. The highest BCUT2D eigenvalue weighted by Crippen LogP contribution is 2.26. The van der Waals surface area contributed by atoms with Crippen LogP contribution < -0.4 is 15.4 Å². The van der Waals surface area contributed by atoms with Crippen molar-refractivity contribution in [3.63, 3.8) is 0 Å². The molecular formula is C32H29ClN4O4. The van der Waals surface area contributed by atoms with Gasteiger partial charge in [0.05, 0.1) is 0 Å². The molecule has 4 amide bonds. The number of hydrogen-bond donors (Lipinski definition) is 2. The third-order valence-corrected chi connectivity index (χ3v) is 7.00.